The summed E-state index contributed by atoms with van der Waals surface area (Å²) in [7, 11) is 0. The van der Waals surface area contributed by atoms with Gasteiger partial charge in [0.1, 0.15) is 12.4 Å². The highest BCUT2D eigenvalue weighted by Crippen LogP contribution is 2.34. The molecule has 190 valence electrons. The van der Waals surface area contributed by atoms with Crippen molar-refractivity contribution in [2.45, 2.75) is 33.7 Å². The van der Waals surface area contributed by atoms with Crippen molar-refractivity contribution in [3.05, 3.63) is 94.6 Å². The Hall–Kier alpha value is -3.91. The number of hydrogen-bond acceptors (Lipinski definition) is 3. The lowest BCUT2D eigenvalue weighted by molar-refractivity contribution is -0.117. The maximum absolute atomic E-state index is 13.4. The van der Waals surface area contributed by atoms with Crippen molar-refractivity contribution >= 4 is 39.4 Å². The summed E-state index contributed by atoms with van der Waals surface area (Å²) >= 11 is 3.40. The molecule has 0 aliphatic heterocycles. The number of halogens is 1. The first-order chi connectivity index (χ1) is 17.7. The third kappa shape index (κ3) is 6.09. The Balaban J connectivity index is 1.64. The number of rotatable bonds is 7. The van der Waals surface area contributed by atoms with Crippen molar-refractivity contribution in [2.75, 3.05) is 17.2 Å². The maximum atomic E-state index is 13.4. The number of aryl methyl sites for hydroxylation is 2. The number of nitrogens with one attached hydrogen (secondary N) is 2. The standard InChI is InChI=1S/C29H30BrN5O2/c1-19(2)34(29(37)31-24-16-14-23(30)15-17-24)18-26(36)32-28-27(22-11-6-5-7-12-22)21(4)33-35(28)25-13-9-8-10-20(25)3/h5-17,19H,18H2,1-4H3,(H,31,37)(H,32,36). The fraction of sp³-hybridized carbons (Fsp3) is 0.207. The van der Waals surface area contributed by atoms with Gasteiger partial charge in [0.15, 0.2) is 0 Å². The second kappa shape index (κ2) is 11.4. The number of nitrogens with zero attached hydrogens (tertiary/aromatic N) is 3. The number of hydrogen-bond donors (Lipinski definition) is 2. The lowest BCUT2D eigenvalue weighted by atomic mass is 10.1. The predicted octanol–water partition coefficient (Wildman–Crippen LogP) is 6.80. The third-order valence-electron chi connectivity index (χ3n) is 6.02. The molecule has 0 aliphatic rings. The first kappa shape index (κ1) is 26.2. The quantitative estimate of drug-likeness (QED) is 0.261. The molecule has 0 saturated carbocycles. The van der Waals surface area contributed by atoms with Gasteiger partial charge in [-0.3, -0.25) is 4.79 Å². The van der Waals surface area contributed by atoms with E-state index in [2.05, 4.69) is 26.6 Å². The third-order valence-corrected chi connectivity index (χ3v) is 6.55. The lowest BCUT2D eigenvalue weighted by Gasteiger charge is -2.26. The summed E-state index contributed by atoms with van der Waals surface area (Å²) in [5.41, 5.74) is 5.13. The Labute approximate surface area is 225 Å². The van der Waals surface area contributed by atoms with Crippen LogP contribution < -0.4 is 10.6 Å². The van der Waals surface area contributed by atoms with Crippen LogP contribution in [0.4, 0.5) is 16.3 Å². The average molecular weight is 560 g/mol. The second-order valence-corrected chi connectivity index (χ2v) is 10.00. The number of aromatic nitrogens is 2. The van der Waals surface area contributed by atoms with Crippen LogP contribution >= 0.6 is 15.9 Å². The van der Waals surface area contributed by atoms with Gasteiger partial charge in [-0.05, 0) is 69.2 Å². The van der Waals surface area contributed by atoms with Gasteiger partial charge in [0.05, 0.1) is 11.4 Å². The molecule has 37 heavy (non-hydrogen) atoms. The summed E-state index contributed by atoms with van der Waals surface area (Å²) in [6, 6.07) is 24.5. The number of para-hydroxylation sites is 1. The van der Waals surface area contributed by atoms with Crippen LogP contribution in [0.2, 0.25) is 0 Å². The zero-order valence-electron chi connectivity index (χ0n) is 21.3. The lowest BCUT2D eigenvalue weighted by Crippen LogP contribution is -2.44. The molecule has 0 atom stereocenters. The Morgan fingerprint density at radius 3 is 2.22 bits per heavy atom. The molecular formula is C29H30BrN5O2. The van der Waals surface area contributed by atoms with E-state index in [9.17, 15) is 9.59 Å². The minimum absolute atomic E-state index is 0.119. The molecule has 0 fully saturated rings. The van der Waals surface area contributed by atoms with Gasteiger partial charge < -0.3 is 15.5 Å². The van der Waals surface area contributed by atoms with E-state index in [0.717, 1.165) is 32.5 Å². The monoisotopic (exact) mass is 559 g/mol. The van der Waals surface area contributed by atoms with E-state index in [1.165, 1.54) is 4.90 Å². The van der Waals surface area contributed by atoms with Crippen LogP contribution in [0.3, 0.4) is 0 Å². The molecule has 3 amide bonds. The molecule has 4 aromatic rings. The second-order valence-electron chi connectivity index (χ2n) is 9.08. The normalized spacial score (nSPS) is 10.9. The van der Waals surface area contributed by atoms with Crippen LogP contribution in [-0.4, -0.2) is 39.2 Å². The zero-order valence-corrected chi connectivity index (χ0v) is 22.9. The van der Waals surface area contributed by atoms with E-state index in [1.54, 1.807) is 16.8 Å². The predicted molar refractivity (Wildman–Crippen MR) is 152 cm³/mol. The van der Waals surface area contributed by atoms with Crippen molar-refractivity contribution in [1.29, 1.82) is 0 Å². The van der Waals surface area contributed by atoms with Crippen molar-refractivity contribution < 1.29 is 9.59 Å². The summed E-state index contributed by atoms with van der Waals surface area (Å²) in [4.78, 5) is 28.0. The van der Waals surface area contributed by atoms with Gasteiger partial charge in [0.25, 0.3) is 0 Å². The molecule has 0 unspecified atom stereocenters. The van der Waals surface area contributed by atoms with E-state index >= 15 is 0 Å². The molecule has 0 spiro atoms. The molecule has 1 aromatic heterocycles. The fourth-order valence-electron chi connectivity index (χ4n) is 4.11. The van der Waals surface area contributed by atoms with E-state index in [4.69, 9.17) is 5.10 Å². The van der Waals surface area contributed by atoms with Gasteiger partial charge in [-0.1, -0.05) is 64.5 Å². The number of benzene rings is 3. The van der Waals surface area contributed by atoms with Gasteiger partial charge in [0, 0.05) is 21.8 Å². The molecule has 3 aromatic carbocycles. The van der Waals surface area contributed by atoms with Gasteiger partial charge in [-0.25, -0.2) is 9.48 Å². The first-order valence-electron chi connectivity index (χ1n) is 12.1. The highest BCUT2D eigenvalue weighted by Gasteiger charge is 2.24. The molecule has 1 heterocycles. The van der Waals surface area contributed by atoms with Gasteiger partial charge in [0.2, 0.25) is 5.91 Å². The number of carbonyl (C=O) groups excluding carboxylic acids is 2. The summed E-state index contributed by atoms with van der Waals surface area (Å²) in [5, 5.41) is 10.7. The Morgan fingerprint density at radius 1 is 0.919 bits per heavy atom. The SMILES string of the molecule is Cc1ccccc1-n1nc(C)c(-c2ccccc2)c1NC(=O)CN(C(=O)Nc1ccc(Br)cc1)C(C)C. The molecule has 8 heteroatoms. The molecule has 2 N–H and O–H groups in total. The number of anilines is 2. The number of amides is 3. The minimum atomic E-state index is -0.348. The van der Waals surface area contributed by atoms with Gasteiger partial charge in [-0.15, -0.1) is 0 Å². The number of carbonyl (C=O) groups is 2. The van der Waals surface area contributed by atoms with Crippen LogP contribution in [0.15, 0.2) is 83.3 Å². The van der Waals surface area contributed by atoms with Crippen LogP contribution in [0.1, 0.15) is 25.1 Å². The Bertz CT molecular complexity index is 1400. The highest BCUT2D eigenvalue weighted by molar-refractivity contribution is 9.10. The summed E-state index contributed by atoms with van der Waals surface area (Å²) < 4.78 is 2.69. The largest absolute Gasteiger partial charge is 0.322 e. The molecular weight excluding hydrogens is 530 g/mol. The van der Waals surface area contributed by atoms with E-state index in [0.29, 0.717) is 11.5 Å². The first-order valence-corrected chi connectivity index (χ1v) is 12.9. The molecule has 0 bridgehead atoms. The van der Waals surface area contributed by atoms with Crippen LogP contribution in [0.25, 0.3) is 16.8 Å². The van der Waals surface area contributed by atoms with Crippen LogP contribution in [0, 0.1) is 13.8 Å². The zero-order chi connectivity index (χ0) is 26.5. The van der Waals surface area contributed by atoms with E-state index in [1.807, 2.05) is 94.4 Å². The smallest absolute Gasteiger partial charge is 0.313 e. The van der Waals surface area contributed by atoms with Crippen LogP contribution in [0.5, 0.6) is 0 Å². The van der Waals surface area contributed by atoms with Crippen LogP contribution in [-0.2, 0) is 4.79 Å². The Morgan fingerprint density at radius 2 is 1.57 bits per heavy atom. The molecule has 0 radical (unpaired) electrons. The van der Waals surface area contributed by atoms with Crippen molar-refractivity contribution in [3.8, 4) is 16.8 Å². The number of urea groups is 1. The molecule has 0 aliphatic carbocycles. The van der Waals surface area contributed by atoms with Gasteiger partial charge >= 0.3 is 6.03 Å². The summed E-state index contributed by atoms with van der Waals surface area (Å²) in [5.74, 6) is 0.256. The maximum Gasteiger partial charge on any atom is 0.322 e. The van der Waals surface area contributed by atoms with E-state index < -0.39 is 0 Å². The molecule has 4 rings (SSSR count). The molecule has 0 saturated heterocycles. The fourth-order valence-corrected chi connectivity index (χ4v) is 4.38. The van der Waals surface area contributed by atoms with Crippen molar-refractivity contribution in [3.63, 3.8) is 0 Å². The van der Waals surface area contributed by atoms with Crippen molar-refractivity contribution in [1.82, 2.24) is 14.7 Å². The van der Waals surface area contributed by atoms with E-state index in [-0.39, 0.29) is 24.5 Å². The average Bonchev–Trinajstić information content (AvgIpc) is 3.19. The van der Waals surface area contributed by atoms with Gasteiger partial charge in [-0.2, -0.15) is 5.10 Å². The van der Waals surface area contributed by atoms with Crippen molar-refractivity contribution in [2.24, 2.45) is 0 Å². The Kier molecular flexibility index (Phi) is 8.08. The summed E-state index contributed by atoms with van der Waals surface area (Å²) in [6.07, 6.45) is 0. The summed E-state index contributed by atoms with van der Waals surface area (Å²) in [6.45, 7) is 7.58. The minimum Gasteiger partial charge on any atom is -0.313 e. The topological polar surface area (TPSA) is 79.3 Å². The highest BCUT2D eigenvalue weighted by atomic mass is 79.9. The molecule has 7 nitrogen and oxygen atoms in total.